The van der Waals surface area contributed by atoms with E-state index in [1.54, 1.807) is 0 Å². The Morgan fingerprint density at radius 2 is 1.69 bits per heavy atom. The first-order valence-corrected chi connectivity index (χ1v) is 12.5. The number of rotatable bonds is 9. The van der Waals surface area contributed by atoms with E-state index < -0.39 is 27.0 Å². The Hall–Kier alpha value is -4.07. The molecule has 0 spiro atoms. The molecule has 35 heavy (non-hydrogen) atoms. The number of aryl methyl sites for hydroxylation is 1. The molecule has 0 aliphatic carbocycles. The second-order valence-corrected chi connectivity index (χ2v) is 9.82. The molecular weight excluding hydrogens is 476 g/mol. The lowest BCUT2D eigenvalue weighted by Crippen LogP contribution is -2.28. The van der Waals surface area contributed by atoms with Crippen LogP contribution in [0.3, 0.4) is 0 Å². The van der Waals surface area contributed by atoms with Crippen molar-refractivity contribution in [1.29, 1.82) is 0 Å². The molecular formula is C21H28N8O5S. The van der Waals surface area contributed by atoms with Crippen molar-refractivity contribution in [2.75, 3.05) is 35.7 Å². The Kier molecular flexibility index (Phi) is 7.34. The highest BCUT2D eigenvalue weighted by Gasteiger charge is 2.27. The fraction of sp³-hybridized carbons (Fsp3) is 0.333. The minimum Gasteiger partial charge on any atom is -0.372 e. The zero-order valence-electron chi connectivity index (χ0n) is 20.0. The number of sulfonamides is 1. The first kappa shape index (κ1) is 25.6. The second-order valence-electron chi connectivity index (χ2n) is 8.07. The normalized spacial score (nSPS) is 12.1. The van der Waals surface area contributed by atoms with Crippen LogP contribution in [0.2, 0.25) is 0 Å². The highest BCUT2D eigenvalue weighted by molar-refractivity contribution is 7.92. The van der Waals surface area contributed by atoms with Crippen molar-refractivity contribution >= 4 is 38.8 Å². The number of benzene rings is 1. The number of aromatic nitrogens is 4. The van der Waals surface area contributed by atoms with E-state index in [1.165, 1.54) is 30.7 Å². The Morgan fingerprint density at radius 1 is 1.09 bits per heavy atom. The van der Waals surface area contributed by atoms with Crippen molar-refractivity contribution < 1.29 is 13.2 Å². The first-order chi connectivity index (χ1) is 16.4. The quantitative estimate of drug-likeness (QED) is 0.289. The topological polar surface area (TPSA) is 174 Å². The van der Waals surface area contributed by atoms with Gasteiger partial charge in [-0.3, -0.25) is 29.3 Å². The maximum Gasteiger partial charge on any atom is 0.288 e. The van der Waals surface area contributed by atoms with E-state index in [0.29, 0.717) is 6.42 Å². The number of anilines is 4. The molecule has 1 aromatic carbocycles. The number of carbonyl (C=O) groups excluding carboxylic acids is 1. The molecule has 14 heteroatoms. The lowest BCUT2D eigenvalue weighted by molar-refractivity contribution is 0.0822. The summed E-state index contributed by atoms with van der Waals surface area (Å²) in [6.45, 7) is 1.92. The molecule has 0 bridgehead atoms. The molecule has 0 fully saturated rings. The summed E-state index contributed by atoms with van der Waals surface area (Å²) in [6, 6.07) is 9.08. The van der Waals surface area contributed by atoms with Gasteiger partial charge in [0.05, 0.1) is 12.3 Å². The summed E-state index contributed by atoms with van der Waals surface area (Å²) in [7, 11) is 0.621. The molecule has 188 valence electrons. The van der Waals surface area contributed by atoms with Gasteiger partial charge < -0.3 is 15.5 Å². The van der Waals surface area contributed by atoms with E-state index in [4.69, 9.17) is 0 Å². The van der Waals surface area contributed by atoms with E-state index in [2.05, 4.69) is 30.7 Å². The second kappa shape index (κ2) is 10.0. The number of hydrogen-bond donors (Lipinski definition) is 5. The molecule has 13 nitrogen and oxygen atoms in total. The Balaban J connectivity index is 2.14. The van der Waals surface area contributed by atoms with E-state index in [9.17, 15) is 22.8 Å². The fourth-order valence-corrected chi connectivity index (χ4v) is 4.00. The first-order valence-electron chi connectivity index (χ1n) is 10.6. The van der Waals surface area contributed by atoms with Crippen molar-refractivity contribution in [3.8, 4) is 0 Å². The van der Waals surface area contributed by atoms with Gasteiger partial charge in [-0.15, -0.1) is 0 Å². The van der Waals surface area contributed by atoms with Gasteiger partial charge in [0.1, 0.15) is 17.1 Å². The van der Waals surface area contributed by atoms with Gasteiger partial charge in [-0.2, -0.15) is 5.10 Å². The molecule has 1 amide bonds. The molecule has 0 aliphatic rings. The van der Waals surface area contributed by atoms with E-state index in [-0.39, 0.29) is 34.6 Å². The van der Waals surface area contributed by atoms with Crippen LogP contribution in [0, 0.1) is 0 Å². The SMILES string of the molecule is CC[C@@H](Nc1c(Nc2c(NS(C)(=O)=O)c(C(=O)N(C)C)nn2C)c(=O)[nH][nH]c1=O)c1ccccc1. The molecule has 0 saturated heterocycles. The number of nitrogens with zero attached hydrogens (tertiary/aromatic N) is 3. The summed E-state index contributed by atoms with van der Waals surface area (Å²) in [5.74, 6) is -0.569. The van der Waals surface area contributed by atoms with Crippen LogP contribution in [-0.2, 0) is 17.1 Å². The van der Waals surface area contributed by atoms with Crippen molar-refractivity contribution in [1.82, 2.24) is 24.9 Å². The number of carbonyl (C=O) groups is 1. The van der Waals surface area contributed by atoms with Gasteiger partial charge in [-0.25, -0.2) is 13.1 Å². The van der Waals surface area contributed by atoms with E-state index in [0.717, 1.165) is 11.8 Å². The molecule has 0 unspecified atom stereocenters. The van der Waals surface area contributed by atoms with Crippen molar-refractivity contribution in [2.45, 2.75) is 19.4 Å². The van der Waals surface area contributed by atoms with Crippen LogP contribution in [0.1, 0.15) is 35.4 Å². The number of hydrogen-bond acceptors (Lipinski definition) is 8. The van der Waals surface area contributed by atoms with Gasteiger partial charge in [0, 0.05) is 21.1 Å². The average molecular weight is 505 g/mol. The summed E-state index contributed by atoms with van der Waals surface area (Å²) in [6.07, 6.45) is 1.52. The van der Waals surface area contributed by atoms with Crippen molar-refractivity contribution in [3.63, 3.8) is 0 Å². The standard InChI is InChI=1S/C21H28N8O5S/c1-6-13(12-10-8-7-9-11-12)22-15-16(20(31)25-24-19(15)30)23-18-14(27-35(5,33)34)17(26-29(18)4)21(32)28(2)3/h7-11,13,27H,6H2,1-5H3,(H2,22,25,31)(H2,23,24,30)/t13-/m1/s1. The third-order valence-corrected chi connectivity index (χ3v) is 5.68. The van der Waals surface area contributed by atoms with Crippen molar-refractivity contribution in [2.24, 2.45) is 7.05 Å². The van der Waals surface area contributed by atoms with Crippen LogP contribution in [-0.4, -0.2) is 59.6 Å². The maximum absolute atomic E-state index is 12.8. The van der Waals surface area contributed by atoms with Crippen LogP contribution in [0.15, 0.2) is 39.9 Å². The number of nitrogens with one attached hydrogen (secondary N) is 5. The van der Waals surface area contributed by atoms with Gasteiger partial charge >= 0.3 is 0 Å². The van der Waals surface area contributed by atoms with E-state index >= 15 is 0 Å². The molecule has 0 aliphatic heterocycles. The smallest absolute Gasteiger partial charge is 0.288 e. The molecule has 0 saturated carbocycles. The lowest BCUT2D eigenvalue weighted by atomic mass is 10.0. The Labute approximate surface area is 201 Å². The highest BCUT2D eigenvalue weighted by atomic mass is 32.2. The van der Waals surface area contributed by atoms with Crippen LogP contribution < -0.4 is 26.5 Å². The Bertz CT molecular complexity index is 1440. The zero-order chi connectivity index (χ0) is 25.9. The molecule has 0 radical (unpaired) electrons. The third kappa shape index (κ3) is 5.71. The largest absolute Gasteiger partial charge is 0.372 e. The molecule has 3 aromatic rings. The molecule has 3 rings (SSSR count). The van der Waals surface area contributed by atoms with Crippen LogP contribution in [0.4, 0.5) is 22.9 Å². The third-order valence-electron chi connectivity index (χ3n) is 5.11. The number of H-pyrrole nitrogens is 2. The zero-order valence-corrected chi connectivity index (χ0v) is 20.8. The van der Waals surface area contributed by atoms with Gasteiger partial charge in [0.15, 0.2) is 11.5 Å². The van der Waals surface area contributed by atoms with Crippen LogP contribution in [0.5, 0.6) is 0 Å². The van der Waals surface area contributed by atoms with Crippen molar-refractivity contribution in [3.05, 3.63) is 62.3 Å². The van der Waals surface area contributed by atoms with E-state index in [1.807, 2.05) is 37.3 Å². The predicted octanol–water partition coefficient (Wildman–Crippen LogP) is 1.18. The number of aromatic amines is 2. The molecule has 5 N–H and O–H groups in total. The highest BCUT2D eigenvalue weighted by Crippen LogP contribution is 2.32. The van der Waals surface area contributed by atoms with Crippen LogP contribution in [0.25, 0.3) is 0 Å². The lowest BCUT2D eigenvalue weighted by Gasteiger charge is -2.20. The molecule has 1 atom stereocenters. The summed E-state index contributed by atoms with van der Waals surface area (Å²) in [4.78, 5) is 39.4. The predicted molar refractivity (Wildman–Crippen MR) is 134 cm³/mol. The average Bonchev–Trinajstić information content (AvgIpc) is 3.09. The summed E-state index contributed by atoms with van der Waals surface area (Å²) >= 11 is 0. The summed E-state index contributed by atoms with van der Waals surface area (Å²) < 4.78 is 27.6. The maximum atomic E-state index is 12.8. The van der Waals surface area contributed by atoms with Gasteiger partial charge in [0.2, 0.25) is 10.0 Å². The molecule has 2 heterocycles. The minimum atomic E-state index is -3.83. The molecule has 2 aromatic heterocycles. The number of amides is 1. The van der Waals surface area contributed by atoms with Gasteiger partial charge in [-0.1, -0.05) is 37.3 Å². The van der Waals surface area contributed by atoms with Crippen LogP contribution >= 0.6 is 0 Å². The monoisotopic (exact) mass is 504 g/mol. The van der Waals surface area contributed by atoms with Gasteiger partial charge in [-0.05, 0) is 12.0 Å². The fourth-order valence-electron chi connectivity index (χ4n) is 3.43. The summed E-state index contributed by atoms with van der Waals surface area (Å²) in [5.41, 5.74) is -0.957. The van der Waals surface area contributed by atoms with Gasteiger partial charge in [0.25, 0.3) is 17.0 Å². The summed E-state index contributed by atoms with van der Waals surface area (Å²) in [5, 5.41) is 14.6. The minimum absolute atomic E-state index is 0.00691. The Morgan fingerprint density at radius 3 is 2.23 bits per heavy atom.